The van der Waals surface area contributed by atoms with Gasteiger partial charge in [-0.15, -0.1) is 0 Å². The number of carboxylic acids is 2. The third-order valence-electron chi connectivity index (χ3n) is 4.99. The van der Waals surface area contributed by atoms with Crippen molar-refractivity contribution in [2.45, 2.75) is 37.0 Å². The Kier molecular flexibility index (Phi) is 7.10. The van der Waals surface area contributed by atoms with Crippen LogP contribution in [-0.4, -0.2) is 69.7 Å². The molecule has 2 aliphatic heterocycles. The number of fused-ring (bicyclic) bond motifs is 1. The Hall–Kier alpha value is -2.00. The van der Waals surface area contributed by atoms with Crippen molar-refractivity contribution in [3.8, 4) is 0 Å². The maximum absolute atomic E-state index is 9.77. The lowest BCUT2D eigenvalue weighted by Crippen LogP contribution is -2.56. The third kappa shape index (κ3) is 5.01. The standard InChI is InChI=1S/C14H20N2.C4H6O6/c1-2-5-12(6-3-1)9-14-11-15-10-13(14)7-4-8-16-14;5-1(3(7)8)2(6)4(9)10/h1-3,5-6,13,15-16H,4,7-11H2;1-2,5-6H,(H,7,8)(H,9,10). The van der Waals surface area contributed by atoms with E-state index >= 15 is 0 Å². The maximum Gasteiger partial charge on any atom is 0.335 e. The molecule has 8 heteroatoms. The highest BCUT2D eigenvalue weighted by Crippen LogP contribution is 2.32. The van der Waals surface area contributed by atoms with E-state index in [4.69, 9.17) is 20.4 Å². The number of nitrogens with one attached hydrogen (secondary N) is 2. The van der Waals surface area contributed by atoms with Crippen LogP contribution in [0.2, 0.25) is 0 Å². The van der Waals surface area contributed by atoms with Gasteiger partial charge in [0.25, 0.3) is 0 Å². The van der Waals surface area contributed by atoms with Crippen LogP contribution in [0.4, 0.5) is 0 Å². The van der Waals surface area contributed by atoms with Gasteiger partial charge in [-0.3, -0.25) is 0 Å². The Morgan fingerprint density at radius 3 is 2.31 bits per heavy atom. The number of piperidine rings is 1. The zero-order valence-electron chi connectivity index (χ0n) is 14.5. The van der Waals surface area contributed by atoms with Crippen molar-refractivity contribution in [2.75, 3.05) is 19.6 Å². The molecule has 4 unspecified atom stereocenters. The smallest absolute Gasteiger partial charge is 0.335 e. The Morgan fingerprint density at radius 1 is 1.12 bits per heavy atom. The van der Waals surface area contributed by atoms with Gasteiger partial charge in [-0.2, -0.15) is 0 Å². The summed E-state index contributed by atoms with van der Waals surface area (Å²) in [5.41, 5.74) is 1.80. The molecule has 2 heterocycles. The summed E-state index contributed by atoms with van der Waals surface area (Å²) in [6, 6.07) is 10.9. The second-order valence-electron chi connectivity index (χ2n) is 6.78. The average Bonchev–Trinajstić information content (AvgIpc) is 3.05. The Balaban J connectivity index is 0.000000213. The SMILES string of the molecule is O=C(O)C(O)C(O)C(=O)O.c1ccc(CC23CNCC2CCCN3)cc1. The number of rotatable bonds is 5. The lowest BCUT2D eigenvalue weighted by atomic mass is 9.77. The number of hydrogen-bond acceptors (Lipinski definition) is 6. The molecule has 1 aromatic rings. The van der Waals surface area contributed by atoms with Crippen LogP contribution in [0.5, 0.6) is 0 Å². The van der Waals surface area contributed by atoms with Crippen molar-refractivity contribution < 1.29 is 30.0 Å². The quantitative estimate of drug-likeness (QED) is 0.408. The largest absolute Gasteiger partial charge is 0.479 e. The molecule has 2 saturated heterocycles. The fourth-order valence-corrected chi connectivity index (χ4v) is 3.58. The fraction of sp³-hybridized carbons (Fsp3) is 0.556. The summed E-state index contributed by atoms with van der Waals surface area (Å²) in [4.78, 5) is 19.5. The lowest BCUT2D eigenvalue weighted by Gasteiger charge is -2.40. The molecule has 3 rings (SSSR count). The van der Waals surface area contributed by atoms with E-state index in [2.05, 4.69) is 41.0 Å². The highest BCUT2D eigenvalue weighted by molar-refractivity contribution is 5.83. The highest BCUT2D eigenvalue weighted by Gasteiger charge is 2.43. The van der Waals surface area contributed by atoms with Gasteiger partial charge >= 0.3 is 11.9 Å². The average molecular weight is 366 g/mol. The van der Waals surface area contributed by atoms with Crippen LogP contribution in [0.15, 0.2) is 30.3 Å². The normalized spacial score (nSPS) is 26.8. The summed E-state index contributed by atoms with van der Waals surface area (Å²) < 4.78 is 0. The Labute approximate surface area is 151 Å². The number of aliphatic hydroxyl groups is 2. The molecule has 0 aliphatic carbocycles. The number of aliphatic hydroxyl groups excluding tert-OH is 2. The molecule has 0 spiro atoms. The van der Waals surface area contributed by atoms with E-state index in [1.165, 1.54) is 37.9 Å². The molecular weight excluding hydrogens is 340 g/mol. The molecule has 0 amide bonds. The van der Waals surface area contributed by atoms with E-state index in [9.17, 15) is 9.59 Å². The molecule has 2 aliphatic rings. The second-order valence-corrected chi connectivity index (χ2v) is 6.78. The van der Waals surface area contributed by atoms with Crippen LogP contribution < -0.4 is 10.6 Å². The summed E-state index contributed by atoms with van der Waals surface area (Å²) in [5.74, 6) is -2.72. The van der Waals surface area contributed by atoms with E-state index < -0.39 is 24.1 Å². The summed E-state index contributed by atoms with van der Waals surface area (Å²) in [6.07, 6.45) is -0.642. The Morgan fingerprint density at radius 2 is 1.73 bits per heavy atom. The van der Waals surface area contributed by atoms with E-state index in [1.54, 1.807) is 0 Å². The van der Waals surface area contributed by atoms with Crippen LogP contribution in [0.25, 0.3) is 0 Å². The van der Waals surface area contributed by atoms with E-state index in [0.717, 1.165) is 12.5 Å². The van der Waals surface area contributed by atoms with Crippen LogP contribution >= 0.6 is 0 Å². The van der Waals surface area contributed by atoms with Crippen LogP contribution in [0.1, 0.15) is 18.4 Å². The monoisotopic (exact) mass is 366 g/mol. The minimum atomic E-state index is -2.27. The number of carboxylic acid groups (broad SMARTS) is 2. The molecule has 2 fully saturated rings. The molecular formula is C18H26N2O6. The molecule has 144 valence electrons. The van der Waals surface area contributed by atoms with Gasteiger partial charge < -0.3 is 31.1 Å². The highest BCUT2D eigenvalue weighted by atomic mass is 16.4. The molecule has 1 aromatic carbocycles. The maximum atomic E-state index is 9.77. The fourth-order valence-electron chi connectivity index (χ4n) is 3.58. The zero-order chi connectivity index (χ0) is 19.2. The summed E-state index contributed by atoms with van der Waals surface area (Å²) in [5, 5.41) is 39.9. The van der Waals surface area contributed by atoms with Crippen LogP contribution in [-0.2, 0) is 16.0 Å². The summed E-state index contributed by atoms with van der Waals surface area (Å²) in [7, 11) is 0. The van der Waals surface area contributed by atoms with Crippen molar-refractivity contribution in [3.63, 3.8) is 0 Å². The molecule has 0 saturated carbocycles. The van der Waals surface area contributed by atoms with Crippen molar-refractivity contribution in [1.82, 2.24) is 10.6 Å². The first kappa shape index (κ1) is 20.3. The van der Waals surface area contributed by atoms with Gasteiger partial charge in [0, 0.05) is 12.1 Å². The predicted molar refractivity (Wildman–Crippen MR) is 93.8 cm³/mol. The first-order valence-corrected chi connectivity index (χ1v) is 8.67. The van der Waals surface area contributed by atoms with Crippen molar-refractivity contribution in [1.29, 1.82) is 0 Å². The van der Waals surface area contributed by atoms with Gasteiger partial charge in [-0.05, 0) is 43.8 Å². The molecule has 4 atom stereocenters. The predicted octanol–water partition coefficient (Wildman–Crippen LogP) is -0.552. The van der Waals surface area contributed by atoms with Gasteiger partial charge in [-0.1, -0.05) is 30.3 Å². The summed E-state index contributed by atoms with van der Waals surface area (Å²) in [6.45, 7) is 3.51. The van der Waals surface area contributed by atoms with Crippen molar-refractivity contribution in [3.05, 3.63) is 35.9 Å². The van der Waals surface area contributed by atoms with E-state index in [0.29, 0.717) is 5.54 Å². The van der Waals surface area contributed by atoms with Gasteiger partial charge in [0.05, 0.1) is 0 Å². The third-order valence-corrected chi connectivity index (χ3v) is 4.99. The van der Waals surface area contributed by atoms with Crippen LogP contribution in [0, 0.1) is 5.92 Å². The van der Waals surface area contributed by atoms with Gasteiger partial charge in [0.1, 0.15) is 0 Å². The first-order valence-electron chi connectivity index (χ1n) is 8.67. The van der Waals surface area contributed by atoms with Gasteiger partial charge in [0.15, 0.2) is 12.2 Å². The van der Waals surface area contributed by atoms with Crippen molar-refractivity contribution >= 4 is 11.9 Å². The second kappa shape index (κ2) is 9.09. The number of aliphatic carboxylic acids is 2. The Bertz CT molecular complexity index is 593. The number of benzene rings is 1. The number of hydrogen-bond donors (Lipinski definition) is 6. The lowest BCUT2D eigenvalue weighted by molar-refractivity contribution is -0.165. The first-order chi connectivity index (χ1) is 12.4. The van der Waals surface area contributed by atoms with E-state index in [-0.39, 0.29) is 0 Å². The molecule has 6 N–H and O–H groups in total. The molecule has 8 nitrogen and oxygen atoms in total. The minimum absolute atomic E-state index is 0.333. The van der Waals surface area contributed by atoms with Crippen LogP contribution in [0.3, 0.4) is 0 Å². The van der Waals surface area contributed by atoms with E-state index in [1.807, 2.05) is 0 Å². The minimum Gasteiger partial charge on any atom is -0.479 e. The number of carbonyl (C=O) groups is 2. The molecule has 0 radical (unpaired) electrons. The zero-order valence-corrected chi connectivity index (χ0v) is 14.5. The summed E-state index contributed by atoms with van der Waals surface area (Å²) >= 11 is 0. The van der Waals surface area contributed by atoms with Gasteiger partial charge in [0.2, 0.25) is 0 Å². The molecule has 26 heavy (non-hydrogen) atoms. The topological polar surface area (TPSA) is 139 Å². The molecule has 0 bridgehead atoms. The molecule has 0 aromatic heterocycles. The van der Waals surface area contributed by atoms with Crippen molar-refractivity contribution in [2.24, 2.45) is 5.92 Å². The van der Waals surface area contributed by atoms with Gasteiger partial charge in [-0.25, -0.2) is 9.59 Å².